The van der Waals surface area contributed by atoms with Gasteiger partial charge in [0.1, 0.15) is 13.2 Å². The molecule has 6 heteroatoms. The first-order chi connectivity index (χ1) is 27.5. The molecule has 0 aliphatic heterocycles. The van der Waals surface area contributed by atoms with Gasteiger partial charge < -0.3 is 14.2 Å². The van der Waals surface area contributed by atoms with Gasteiger partial charge in [-0.1, -0.05) is 219 Å². The largest absolute Gasteiger partial charge is 0.462 e. The zero-order valence-electron chi connectivity index (χ0n) is 37.7. The van der Waals surface area contributed by atoms with Crippen molar-refractivity contribution in [3.63, 3.8) is 0 Å². The van der Waals surface area contributed by atoms with E-state index < -0.39 is 6.10 Å². The first-order valence-electron chi connectivity index (χ1n) is 24.7. The summed E-state index contributed by atoms with van der Waals surface area (Å²) < 4.78 is 16.8. The van der Waals surface area contributed by atoms with E-state index in [2.05, 4.69) is 32.9 Å². The lowest BCUT2D eigenvalue weighted by atomic mass is 10.0. The number of allylic oxidation sites excluding steroid dienone is 2. The van der Waals surface area contributed by atoms with Crippen LogP contribution in [0.3, 0.4) is 0 Å². The maximum atomic E-state index is 12.7. The Morgan fingerprint density at radius 1 is 0.339 bits per heavy atom. The number of esters is 3. The Balaban J connectivity index is 4.34. The first-order valence-corrected chi connectivity index (χ1v) is 24.7. The second-order valence-corrected chi connectivity index (χ2v) is 16.7. The SMILES string of the molecule is CCCCCCC/C=C\CCCCCCCC(=O)OC[C@@H](COC(=O)CCCCCCCCCCCCCC)OC(=O)CCCCCCCCCCCCCC. The molecule has 56 heavy (non-hydrogen) atoms. The van der Waals surface area contributed by atoms with Gasteiger partial charge in [0, 0.05) is 19.3 Å². The molecule has 1 atom stereocenters. The predicted octanol–water partition coefficient (Wildman–Crippen LogP) is 15.8. The van der Waals surface area contributed by atoms with Crippen LogP contribution in [-0.4, -0.2) is 37.2 Å². The van der Waals surface area contributed by atoms with E-state index in [9.17, 15) is 14.4 Å². The van der Waals surface area contributed by atoms with Gasteiger partial charge in [-0.2, -0.15) is 0 Å². The van der Waals surface area contributed by atoms with E-state index in [-0.39, 0.29) is 31.1 Å². The molecule has 0 rings (SSSR count). The summed E-state index contributed by atoms with van der Waals surface area (Å²) in [7, 11) is 0. The molecule has 0 bridgehead atoms. The topological polar surface area (TPSA) is 78.9 Å². The first kappa shape index (κ1) is 54.2. The number of unbranched alkanes of at least 4 members (excludes halogenated alkanes) is 32. The van der Waals surface area contributed by atoms with Gasteiger partial charge in [-0.25, -0.2) is 0 Å². The molecule has 0 aromatic rings. The predicted molar refractivity (Wildman–Crippen MR) is 238 cm³/mol. The Morgan fingerprint density at radius 3 is 0.893 bits per heavy atom. The van der Waals surface area contributed by atoms with Crippen LogP contribution in [0.25, 0.3) is 0 Å². The third-order valence-corrected chi connectivity index (χ3v) is 11.0. The van der Waals surface area contributed by atoms with Gasteiger partial charge in [-0.05, 0) is 44.9 Å². The smallest absolute Gasteiger partial charge is 0.306 e. The summed E-state index contributed by atoms with van der Waals surface area (Å²) in [5, 5.41) is 0. The molecule has 0 N–H and O–H groups in total. The molecular formula is C50H94O6. The number of carbonyl (C=O) groups excluding carboxylic acids is 3. The fraction of sp³-hybridized carbons (Fsp3) is 0.900. The lowest BCUT2D eigenvalue weighted by molar-refractivity contribution is -0.167. The summed E-state index contributed by atoms with van der Waals surface area (Å²) in [4.78, 5) is 37.8. The molecule has 0 aliphatic rings. The number of rotatable bonds is 45. The van der Waals surface area contributed by atoms with Crippen LogP contribution in [0, 0.1) is 0 Å². The van der Waals surface area contributed by atoms with Gasteiger partial charge in [0.15, 0.2) is 6.10 Å². The van der Waals surface area contributed by atoms with Gasteiger partial charge in [-0.3, -0.25) is 14.4 Å². The number of hydrogen-bond acceptors (Lipinski definition) is 6. The van der Waals surface area contributed by atoms with Gasteiger partial charge in [0.25, 0.3) is 0 Å². The van der Waals surface area contributed by atoms with E-state index in [4.69, 9.17) is 14.2 Å². The van der Waals surface area contributed by atoms with Crippen LogP contribution in [0.1, 0.15) is 271 Å². The lowest BCUT2D eigenvalue weighted by Crippen LogP contribution is -2.30. The molecule has 0 radical (unpaired) electrons. The van der Waals surface area contributed by atoms with Crippen LogP contribution in [0.15, 0.2) is 12.2 Å². The van der Waals surface area contributed by atoms with Gasteiger partial charge in [0.05, 0.1) is 0 Å². The lowest BCUT2D eigenvalue weighted by Gasteiger charge is -2.18. The van der Waals surface area contributed by atoms with Crippen molar-refractivity contribution in [3.8, 4) is 0 Å². The summed E-state index contributed by atoms with van der Waals surface area (Å²) in [6.45, 7) is 6.64. The standard InChI is InChI=1S/C50H94O6/c1-4-7-10-13-16-19-22-25-26-29-31-34-37-40-43-49(52)55-46-47(56-50(53)44-41-38-35-32-28-24-21-18-15-12-9-6-3)45-54-48(51)42-39-36-33-30-27-23-20-17-14-11-8-5-2/h22,25,47H,4-21,23-24,26-46H2,1-3H3/b25-22-/t47-/m1/s1. The van der Waals surface area contributed by atoms with Crippen LogP contribution >= 0.6 is 0 Å². The number of ether oxygens (including phenoxy) is 3. The van der Waals surface area contributed by atoms with E-state index >= 15 is 0 Å². The number of carbonyl (C=O) groups is 3. The molecule has 0 heterocycles. The molecule has 0 saturated heterocycles. The highest BCUT2D eigenvalue weighted by Crippen LogP contribution is 2.16. The molecule has 0 saturated carbocycles. The molecule has 0 aliphatic carbocycles. The normalized spacial score (nSPS) is 12.0. The van der Waals surface area contributed by atoms with E-state index in [1.54, 1.807) is 0 Å². The van der Waals surface area contributed by atoms with E-state index in [0.717, 1.165) is 64.2 Å². The molecule has 0 aromatic carbocycles. The molecule has 6 nitrogen and oxygen atoms in total. The van der Waals surface area contributed by atoms with Crippen LogP contribution in [0.4, 0.5) is 0 Å². The van der Waals surface area contributed by atoms with Gasteiger partial charge >= 0.3 is 17.9 Å². The van der Waals surface area contributed by atoms with Crippen LogP contribution < -0.4 is 0 Å². The second kappa shape index (κ2) is 45.8. The molecule has 0 fully saturated rings. The zero-order chi connectivity index (χ0) is 40.8. The molecule has 330 valence electrons. The third kappa shape index (κ3) is 43.3. The highest BCUT2D eigenvalue weighted by atomic mass is 16.6. The third-order valence-electron chi connectivity index (χ3n) is 11.0. The summed E-state index contributed by atoms with van der Waals surface area (Å²) >= 11 is 0. The highest BCUT2D eigenvalue weighted by molar-refractivity contribution is 5.71. The molecule has 0 amide bonds. The van der Waals surface area contributed by atoms with Crippen LogP contribution in [0.5, 0.6) is 0 Å². The molecular weight excluding hydrogens is 697 g/mol. The maximum absolute atomic E-state index is 12.7. The fourth-order valence-corrected chi connectivity index (χ4v) is 7.26. The summed E-state index contributed by atoms with van der Waals surface area (Å²) in [5.41, 5.74) is 0. The van der Waals surface area contributed by atoms with Crippen molar-refractivity contribution in [1.29, 1.82) is 0 Å². The Morgan fingerprint density at radius 2 is 0.589 bits per heavy atom. The van der Waals surface area contributed by atoms with Crippen molar-refractivity contribution in [2.75, 3.05) is 13.2 Å². The minimum absolute atomic E-state index is 0.0676. The molecule has 0 aromatic heterocycles. The Hall–Kier alpha value is -1.85. The Labute approximate surface area is 348 Å². The molecule has 0 spiro atoms. The summed E-state index contributed by atoms with van der Waals surface area (Å²) in [6.07, 6.45) is 49.0. The van der Waals surface area contributed by atoms with E-state index in [0.29, 0.717) is 19.3 Å². The average Bonchev–Trinajstić information content (AvgIpc) is 3.19. The molecule has 0 unspecified atom stereocenters. The Bertz CT molecular complexity index is 870. The van der Waals surface area contributed by atoms with E-state index in [1.807, 2.05) is 0 Å². The van der Waals surface area contributed by atoms with Crippen LogP contribution in [-0.2, 0) is 28.6 Å². The number of hydrogen-bond donors (Lipinski definition) is 0. The minimum atomic E-state index is -0.765. The maximum Gasteiger partial charge on any atom is 0.306 e. The van der Waals surface area contributed by atoms with Crippen molar-refractivity contribution in [2.24, 2.45) is 0 Å². The summed E-state index contributed by atoms with van der Waals surface area (Å²) in [6, 6.07) is 0. The van der Waals surface area contributed by atoms with Crippen molar-refractivity contribution >= 4 is 17.9 Å². The fourth-order valence-electron chi connectivity index (χ4n) is 7.26. The van der Waals surface area contributed by atoms with E-state index in [1.165, 1.54) is 167 Å². The zero-order valence-corrected chi connectivity index (χ0v) is 37.7. The van der Waals surface area contributed by atoms with Crippen molar-refractivity contribution < 1.29 is 28.6 Å². The Kier molecular flexibility index (Phi) is 44.3. The van der Waals surface area contributed by atoms with Gasteiger partial charge in [-0.15, -0.1) is 0 Å². The van der Waals surface area contributed by atoms with Gasteiger partial charge in [0.2, 0.25) is 0 Å². The minimum Gasteiger partial charge on any atom is -0.462 e. The summed E-state index contributed by atoms with van der Waals surface area (Å²) in [5.74, 6) is -0.864. The van der Waals surface area contributed by atoms with Crippen LogP contribution in [0.2, 0.25) is 0 Å². The highest BCUT2D eigenvalue weighted by Gasteiger charge is 2.19. The second-order valence-electron chi connectivity index (χ2n) is 16.7. The van der Waals surface area contributed by atoms with Crippen molar-refractivity contribution in [2.45, 2.75) is 277 Å². The quantitative estimate of drug-likeness (QED) is 0.0264. The monoisotopic (exact) mass is 791 g/mol. The average molecular weight is 791 g/mol. The van der Waals surface area contributed by atoms with Crippen molar-refractivity contribution in [1.82, 2.24) is 0 Å². The van der Waals surface area contributed by atoms with Crippen molar-refractivity contribution in [3.05, 3.63) is 12.2 Å².